The number of aromatic nitrogens is 2. The van der Waals surface area contributed by atoms with Crippen LogP contribution in [0.3, 0.4) is 0 Å². The lowest BCUT2D eigenvalue weighted by Crippen LogP contribution is -2.31. The molecule has 3 rings (SSSR count). The van der Waals surface area contributed by atoms with Crippen LogP contribution in [-0.4, -0.2) is 42.1 Å². The number of hydrogen-bond donors (Lipinski definition) is 0. The van der Waals surface area contributed by atoms with Gasteiger partial charge in [-0.3, -0.25) is 9.97 Å². The van der Waals surface area contributed by atoms with Gasteiger partial charge in [-0.15, -0.1) is 0 Å². The van der Waals surface area contributed by atoms with E-state index in [1.807, 2.05) is 24.8 Å². The normalized spacial score (nSPS) is 14.8. The predicted molar refractivity (Wildman–Crippen MR) is 87.3 cm³/mol. The highest BCUT2D eigenvalue weighted by molar-refractivity contribution is 7.99. The molecule has 0 saturated carbocycles. The molecule has 0 saturated heterocycles. The summed E-state index contributed by atoms with van der Waals surface area (Å²) in [6.07, 6.45) is 7.64. The maximum Gasteiger partial charge on any atom is 0.0739 e. The Balaban J connectivity index is 1.95. The van der Waals surface area contributed by atoms with E-state index in [1.54, 1.807) is 11.8 Å². The van der Waals surface area contributed by atoms with Crippen LogP contribution in [0, 0.1) is 5.92 Å². The fourth-order valence-corrected chi connectivity index (χ4v) is 3.80. The van der Waals surface area contributed by atoms with Crippen LogP contribution >= 0.6 is 11.8 Å². The van der Waals surface area contributed by atoms with E-state index in [0.29, 0.717) is 5.92 Å². The largest absolute Gasteiger partial charge is 0.338 e. The van der Waals surface area contributed by atoms with Gasteiger partial charge in [0.15, 0.2) is 0 Å². The molecule has 3 heterocycles. The molecular weight excluding hydrogens is 280 g/mol. The van der Waals surface area contributed by atoms with E-state index < -0.39 is 0 Å². The monoisotopic (exact) mass is 300 g/mol. The summed E-state index contributed by atoms with van der Waals surface area (Å²) >= 11 is 1.77. The second kappa shape index (κ2) is 6.03. The molecule has 1 aliphatic heterocycles. The predicted octanol–water partition coefficient (Wildman–Crippen LogP) is 3.28. The quantitative estimate of drug-likeness (QED) is 0.865. The van der Waals surface area contributed by atoms with Gasteiger partial charge in [0.25, 0.3) is 0 Å². The first kappa shape index (κ1) is 14.4. The highest BCUT2D eigenvalue weighted by atomic mass is 32.2. The van der Waals surface area contributed by atoms with Gasteiger partial charge in [0.05, 0.1) is 22.5 Å². The molecule has 0 bridgehead atoms. The van der Waals surface area contributed by atoms with Crippen LogP contribution in [0.5, 0.6) is 0 Å². The van der Waals surface area contributed by atoms with Crippen molar-refractivity contribution in [1.29, 1.82) is 0 Å². The summed E-state index contributed by atoms with van der Waals surface area (Å²) in [5, 5.41) is 0. The summed E-state index contributed by atoms with van der Waals surface area (Å²) < 4.78 is 0. The van der Waals surface area contributed by atoms with E-state index in [0.717, 1.165) is 13.1 Å². The van der Waals surface area contributed by atoms with Gasteiger partial charge in [-0.2, -0.15) is 0 Å². The van der Waals surface area contributed by atoms with Crippen LogP contribution in [0.2, 0.25) is 0 Å². The molecule has 1 unspecified atom stereocenters. The Morgan fingerprint density at radius 3 is 2.67 bits per heavy atom. The first-order chi connectivity index (χ1) is 10.1. The maximum absolute atomic E-state index is 4.31. The van der Waals surface area contributed by atoms with E-state index in [-0.39, 0.29) is 0 Å². The highest BCUT2D eigenvalue weighted by Crippen LogP contribution is 2.47. The average molecular weight is 300 g/mol. The van der Waals surface area contributed by atoms with Crippen molar-refractivity contribution >= 4 is 23.1 Å². The van der Waals surface area contributed by atoms with E-state index in [9.17, 15) is 0 Å². The molecule has 0 aliphatic carbocycles. The summed E-state index contributed by atoms with van der Waals surface area (Å²) in [4.78, 5) is 15.7. The van der Waals surface area contributed by atoms with Crippen LogP contribution in [0.1, 0.15) is 6.92 Å². The Bertz CT molecular complexity index is 584. The lowest BCUT2D eigenvalue weighted by molar-refractivity contribution is 0.342. The summed E-state index contributed by atoms with van der Waals surface area (Å²) in [6, 6.07) is 4.18. The van der Waals surface area contributed by atoms with Gasteiger partial charge in [-0.25, -0.2) is 0 Å². The SMILES string of the molecule is CC(CN(C)C)CN1c2ccncc2Sc2ccncc21. The molecule has 1 atom stereocenters. The topological polar surface area (TPSA) is 32.3 Å². The van der Waals surface area contributed by atoms with Gasteiger partial charge in [0.2, 0.25) is 0 Å². The Morgan fingerprint density at radius 1 is 1.10 bits per heavy atom. The summed E-state index contributed by atoms with van der Waals surface area (Å²) in [5.74, 6) is 0.567. The third kappa shape index (κ3) is 3.04. The Labute approximate surface area is 130 Å². The molecule has 0 N–H and O–H groups in total. The highest BCUT2D eigenvalue weighted by Gasteiger charge is 2.24. The average Bonchev–Trinajstić information content (AvgIpc) is 2.46. The second-order valence-corrected chi connectivity index (χ2v) is 6.85. The third-order valence-electron chi connectivity index (χ3n) is 3.50. The lowest BCUT2D eigenvalue weighted by atomic mass is 10.1. The zero-order valence-corrected chi connectivity index (χ0v) is 13.5. The Kier molecular flexibility index (Phi) is 4.12. The lowest BCUT2D eigenvalue weighted by Gasteiger charge is -2.34. The molecule has 5 heteroatoms. The number of pyridine rings is 2. The molecule has 0 spiro atoms. The zero-order valence-electron chi connectivity index (χ0n) is 12.7. The van der Waals surface area contributed by atoms with Gasteiger partial charge in [-0.1, -0.05) is 18.7 Å². The fraction of sp³-hybridized carbons (Fsp3) is 0.375. The van der Waals surface area contributed by atoms with Gasteiger partial charge in [0, 0.05) is 36.6 Å². The van der Waals surface area contributed by atoms with Gasteiger partial charge < -0.3 is 9.80 Å². The Morgan fingerprint density at radius 2 is 1.86 bits per heavy atom. The van der Waals surface area contributed by atoms with Crippen LogP contribution in [0.4, 0.5) is 11.4 Å². The minimum absolute atomic E-state index is 0.567. The van der Waals surface area contributed by atoms with Crippen molar-refractivity contribution in [2.24, 2.45) is 5.92 Å². The van der Waals surface area contributed by atoms with Crippen LogP contribution in [-0.2, 0) is 0 Å². The molecule has 0 amide bonds. The summed E-state index contributed by atoms with van der Waals surface area (Å²) in [7, 11) is 4.24. The van der Waals surface area contributed by atoms with Gasteiger partial charge in [0.1, 0.15) is 0 Å². The molecule has 0 radical (unpaired) electrons. The van der Waals surface area contributed by atoms with Gasteiger partial charge >= 0.3 is 0 Å². The molecule has 4 nitrogen and oxygen atoms in total. The smallest absolute Gasteiger partial charge is 0.0739 e. The third-order valence-corrected chi connectivity index (χ3v) is 4.60. The first-order valence-corrected chi connectivity index (χ1v) is 7.95. The van der Waals surface area contributed by atoms with E-state index in [2.05, 4.69) is 52.9 Å². The summed E-state index contributed by atoms with van der Waals surface area (Å²) in [5.41, 5.74) is 2.44. The van der Waals surface area contributed by atoms with E-state index in [1.165, 1.54) is 21.2 Å². The van der Waals surface area contributed by atoms with Crippen LogP contribution < -0.4 is 4.90 Å². The molecule has 21 heavy (non-hydrogen) atoms. The molecule has 110 valence electrons. The number of rotatable bonds is 4. The zero-order chi connectivity index (χ0) is 14.8. The first-order valence-electron chi connectivity index (χ1n) is 7.13. The van der Waals surface area contributed by atoms with E-state index >= 15 is 0 Å². The van der Waals surface area contributed by atoms with Crippen molar-refractivity contribution in [2.45, 2.75) is 16.7 Å². The fourth-order valence-electron chi connectivity index (χ4n) is 2.77. The standard InChI is InChI=1S/C16H20N4S/c1-12(10-19(2)3)11-20-13-4-6-18-9-16(13)21-15-5-7-17-8-14(15)20/h4-9,12H,10-11H2,1-3H3. The minimum Gasteiger partial charge on any atom is -0.338 e. The Hall–Kier alpha value is -1.59. The molecule has 2 aromatic heterocycles. The number of anilines is 2. The number of fused-ring (bicyclic) bond motifs is 2. The summed E-state index contributed by atoms with van der Waals surface area (Å²) in [6.45, 7) is 4.34. The molecule has 2 aromatic rings. The molecule has 0 fully saturated rings. The maximum atomic E-state index is 4.31. The molecular formula is C16H20N4S. The van der Waals surface area contributed by atoms with Crippen molar-refractivity contribution in [1.82, 2.24) is 14.9 Å². The van der Waals surface area contributed by atoms with Crippen molar-refractivity contribution in [2.75, 3.05) is 32.1 Å². The van der Waals surface area contributed by atoms with Crippen molar-refractivity contribution < 1.29 is 0 Å². The van der Waals surface area contributed by atoms with Crippen molar-refractivity contribution in [3.05, 3.63) is 36.9 Å². The molecule has 0 aromatic carbocycles. The van der Waals surface area contributed by atoms with Crippen molar-refractivity contribution in [3.8, 4) is 0 Å². The number of hydrogen-bond acceptors (Lipinski definition) is 5. The minimum atomic E-state index is 0.567. The van der Waals surface area contributed by atoms with Gasteiger partial charge in [-0.05, 0) is 32.1 Å². The van der Waals surface area contributed by atoms with Crippen molar-refractivity contribution in [3.63, 3.8) is 0 Å². The van der Waals surface area contributed by atoms with E-state index in [4.69, 9.17) is 0 Å². The number of nitrogens with zero attached hydrogens (tertiary/aromatic N) is 4. The molecule has 1 aliphatic rings. The van der Waals surface area contributed by atoms with Crippen LogP contribution in [0.15, 0.2) is 46.7 Å². The van der Waals surface area contributed by atoms with Crippen LogP contribution in [0.25, 0.3) is 0 Å². The second-order valence-electron chi connectivity index (χ2n) is 5.77.